The summed E-state index contributed by atoms with van der Waals surface area (Å²) >= 11 is 0. The van der Waals surface area contributed by atoms with Crippen LogP contribution in [0.5, 0.6) is 0 Å². The molecule has 0 fully saturated rings. The van der Waals surface area contributed by atoms with Crippen molar-refractivity contribution in [2.24, 2.45) is 0 Å². The average molecular weight is 203 g/mol. The van der Waals surface area contributed by atoms with E-state index in [4.69, 9.17) is 9.84 Å². The van der Waals surface area contributed by atoms with Crippen LogP contribution in [0.15, 0.2) is 0 Å². The molecular formula is C10H21NO3. The number of carbonyl (C=O) groups is 1. The maximum absolute atomic E-state index is 10.7. The van der Waals surface area contributed by atoms with Gasteiger partial charge in [0.15, 0.2) is 0 Å². The summed E-state index contributed by atoms with van der Waals surface area (Å²) in [4.78, 5) is 10.7. The van der Waals surface area contributed by atoms with Gasteiger partial charge in [-0.1, -0.05) is 13.3 Å². The summed E-state index contributed by atoms with van der Waals surface area (Å²) in [5, 5.41) is 11.7. The predicted molar refractivity (Wildman–Crippen MR) is 55.4 cm³/mol. The summed E-state index contributed by atoms with van der Waals surface area (Å²) in [6, 6.07) is 0. The summed E-state index contributed by atoms with van der Waals surface area (Å²) in [5.74, 6) is -0.842. The molecule has 4 heteroatoms. The highest BCUT2D eigenvalue weighted by Crippen LogP contribution is 2.00. The molecule has 0 saturated heterocycles. The molecule has 0 bridgehead atoms. The fourth-order valence-corrected chi connectivity index (χ4v) is 0.860. The van der Waals surface area contributed by atoms with Crippen LogP contribution in [-0.4, -0.2) is 36.4 Å². The number of nitrogens with one attached hydrogen (secondary N) is 1. The van der Waals surface area contributed by atoms with Gasteiger partial charge in [0.05, 0.1) is 6.61 Å². The van der Waals surface area contributed by atoms with Gasteiger partial charge in [0.1, 0.15) is 5.54 Å². The number of rotatable bonds is 8. The van der Waals surface area contributed by atoms with Crippen LogP contribution < -0.4 is 5.32 Å². The molecule has 14 heavy (non-hydrogen) atoms. The first kappa shape index (κ1) is 13.4. The molecule has 0 aliphatic rings. The molecule has 0 atom stereocenters. The molecule has 0 rings (SSSR count). The number of carboxylic acids is 1. The second-order valence-corrected chi connectivity index (χ2v) is 3.82. The highest BCUT2D eigenvalue weighted by Gasteiger charge is 2.25. The number of aliphatic carboxylic acids is 1. The van der Waals surface area contributed by atoms with Gasteiger partial charge in [-0.3, -0.25) is 4.79 Å². The van der Waals surface area contributed by atoms with Crippen LogP contribution in [0.4, 0.5) is 0 Å². The topological polar surface area (TPSA) is 58.6 Å². The Labute approximate surface area is 85.6 Å². The molecule has 0 aromatic heterocycles. The maximum atomic E-state index is 10.7. The molecule has 0 radical (unpaired) electrons. The minimum absolute atomic E-state index is 0.566. The lowest BCUT2D eigenvalue weighted by Gasteiger charge is -2.20. The Morgan fingerprint density at radius 3 is 2.57 bits per heavy atom. The number of unbranched alkanes of at least 4 members (excludes halogenated alkanes) is 1. The van der Waals surface area contributed by atoms with Gasteiger partial charge in [-0.25, -0.2) is 0 Å². The van der Waals surface area contributed by atoms with Gasteiger partial charge in [0.25, 0.3) is 0 Å². The summed E-state index contributed by atoms with van der Waals surface area (Å²) in [5.41, 5.74) is -0.867. The lowest BCUT2D eigenvalue weighted by Crippen LogP contribution is -2.47. The second-order valence-electron chi connectivity index (χ2n) is 3.82. The van der Waals surface area contributed by atoms with Crippen molar-refractivity contribution in [2.45, 2.75) is 39.2 Å². The Bertz CT molecular complexity index is 169. The van der Waals surface area contributed by atoms with E-state index in [0.29, 0.717) is 13.2 Å². The van der Waals surface area contributed by atoms with E-state index in [1.165, 1.54) is 0 Å². The molecule has 0 aromatic carbocycles. The Balaban J connectivity index is 3.40. The van der Waals surface area contributed by atoms with Gasteiger partial charge in [-0.15, -0.1) is 0 Å². The van der Waals surface area contributed by atoms with E-state index in [0.717, 1.165) is 19.4 Å². The number of carboxylic acid groups (broad SMARTS) is 1. The minimum atomic E-state index is -0.867. The number of ether oxygens (including phenoxy) is 1. The smallest absolute Gasteiger partial charge is 0.323 e. The average Bonchev–Trinajstić information content (AvgIpc) is 2.10. The van der Waals surface area contributed by atoms with Crippen molar-refractivity contribution in [3.05, 3.63) is 0 Å². The van der Waals surface area contributed by atoms with Crippen molar-refractivity contribution in [3.8, 4) is 0 Å². The standard InChI is InChI=1S/C10H21NO3/c1-4-5-7-14-8-6-11-10(2,3)9(12)13/h11H,4-8H2,1-3H3,(H,12,13). The lowest BCUT2D eigenvalue weighted by molar-refractivity contribution is -0.143. The van der Waals surface area contributed by atoms with E-state index in [-0.39, 0.29) is 0 Å². The lowest BCUT2D eigenvalue weighted by atomic mass is 10.1. The fourth-order valence-electron chi connectivity index (χ4n) is 0.860. The van der Waals surface area contributed by atoms with E-state index in [1.54, 1.807) is 13.8 Å². The Hall–Kier alpha value is -0.610. The zero-order valence-electron chi connectivity index (χ0n) is 9.30. The normalized spacial score (nSPS) is 11.6. The molecule has 0 unspecified atom stereocenters. The van der Waals surface area contributed by atoms with E-state index >= 15 is 0 Å². The first-order valence-electron chi connectivity index (χ1n) is 5.07. The van der Waals surface area contributed by atoms with Crippen molar-refractivity contribution < 1.29 is 14.6 Å². The van der Waals surface area contributed by atoms with Gasteiger partial charge >= 0.3 is 5.97 Å². The molecule has 0 aromatic rings. The van der Waals surface area contributed by atoms with Crippen molar-refractivity contribution in [1.29, 1.82) is 0 Å². The molecule has 0 aliphatic heterocycles. The number of hydrogen-bond donors (Lipinski definition) is 2. The van der Waals surface area contributed by atoms with Crippen LogP contribution in [-0.2, 0) is 9.53 Å². The van der Waals surface area contributed by atoms with Crippen LogP contribution >= 0.6 is 0 Å². The van der Waals surface area contributed by atoms with Crippen LogP contribution in [0, 0.1) is 0 Å². The molecule has 84 valence electrons. The molecule has 4 nitrogen and oxygen atoms in total. The zero-order valence-corrected chi connectivity index (χ0v) is 9.30. The molecule has 0 heterocycles. The van der Waals surface area contributed by atoms with Crippen molar-refractivity contribution in [2.75, 3.05) is 19.8 Å². The van der Waals surface area contributed by atoms with Crippen LogP contribution in [0.1, 0.15) is 33.6 Å². The van der Waals surface area contributed by atoms with E-state index in [2.05, 4.69) is 12.2 Å². The van der Waals surface area contributed by atoms with Crippen molar-refractivity contribution in [1.82, 2.24) is 5.32 Å². The van der Waals surface area contributed by atoms with Crippen molar-refractivity contribution in [3.63, 3.8) is 0 Å². The maximum Gasteiger partial charge on any atom is 0.323 e. The highest BCUT2D eigenvalue weighted by molar-refractivity contribution is 5.77. The molecule has 0 amide bonds. The third kappa shape index (κ3) is 5.94. The Morgan fingerprint density at radius 2 is 2.07 bits per heavy atom. The summed E-state index contributed by atoms with van der Waals surface area (Å²) in [6.07, 6.45) is 2.18. The van der Waals surface area contributed by atoms with E-state index < -0.39 is 11.5 Å². The van der Waals surface area contributed by atoms with Gasteiger partial charge in [-0.2, -0.15) is 0 Å². The van der Waals surface area contributed by atoms with Gasteiger partial charge in [0.2, 0.25) is 0 Å². The van der Waals surface area contributed by atoms with Crippen LogP contribution in [0.2, 0.25) is 0 Å². The Kier molecular flexibility index (Phi) is 6.49. The highest BCUT2D eigenvalue weighted by atomic mass is 16.5. The predicted octanol–water partition coefficient (Wildman–Crippen LogP) is 1.26. The first-order chi connectivity index (χ1) is 6.50. The van der Waals surface area contributed by atoms with Gasteiger partial charge in [-0.05, 0) is 20.3 Å². The molecular weight excluding hydrogens is 182 g/mol. The minimum Gasteiger partial charge on any atom is -0.480 e. The first-order valence-corrected chi connectivity index (χ1v) is 5.07. The summed E-state index contributed by atoms with van der Waals surface area (Å²) in [6.45, 7) is 7.28. The molecule has 0 saturated carbocycles. The second kappa shape index (κ2) is 6.79. The quantitative estimate of drug-likeness (QED) is 0.583. The van der Waals surface area contributed by atoms with Crippen LogP contribution in [0.3, 0.4) is 0 Å². The summed E-state index contributed by atoms with van der Waals surface area (Å²) in [7, 11) is 0. The molecule has 0 aliphatic carbocycles. The Morgan fingerprint density at radius 1 is 1.43 bits per heavy atom. The largest absolute Gasteiger partial charge is 0.480 e. The molecule has 0 spiro atoms. The van der Waals surface area contributed by atoms with E-state index in [1.807, 2.05) is 0 Å². The summed E-state index contributed by atoms with van der Waals surface area (Å²) < 4.78 is 5.29. The third-order valence-corrected chi connectivity index (χ3v) is 1.99. The van der Waals surface area contributed by atoms with Crippen LogP contribution in [0.25, 0.3) is 0 Å². The SMILES string of the molecule is CCCCOCCNC(C)(C)C(=O)O. The van der Waals surface area contributed by atoms with E-state index in [9.17, 15) is 4.79 Å². The molecule has 2 N–H and O–H groups in total. The van der Waals surface area contributed by atoms with Gasteiger partial charge in [0, 0.05) is 13.2 Å². The van der Waals surface area contributed by atoms with Crippen molar-refractivity contribution >= 4 is 5.97 Å². The van der Waals surface area contributed by atoms with Gasteiger partial charge < -0.3 is 15.2 Å². The fraction of sp³-hybridized carbons (Fsp3) is 0.900. The zero-order chi connectivity index (χ0) is 11.0. The third-order valence-electron chi connectivity index (χ3n) is 1.99. The number of hydrogen-bond acceptors (Lipinski definition) is 3. The monoisotopic (exact) mass is 203 g/mol.